The number of aromatic nitrogens is 4. The van der Waals surface area contributed by atoms with Crippen molar-refractivity contribution in [3.05, 3.63) is 57.1 Å². The molecule has 0 unspecified atom stereocenters. The zero-order chi connectivity index (χ0) is 20.0. The summed E-state index contributed by atoms with van der Waals surface area (Å²) >= 11 is 1.71. The van der Waals surface area contributed by atoms with Gasteiger partial charge >= 0.3 is 5.69 Å². The van der Waals surface area contributed by atoms with E-state index in [1.165, 1.54) is 38.7 Å². The molecule has 7 nitrogen and oxygen atoms in total. The lowest BCUT2D eigenvalue weighted by molar-refractivity contribution is -0.117. The largest absolute Gasteiger partial charge is 0.352 e. The van der Waals surface area contributed by atoms with Gasteiger partial charge < -0.3 is 5.32 Å². The first-order valence-electron chi connectivity index (χ1n) is 9.86. The molecule has 3 aromatic heterocycles. The van der Waals surface area contributed by atoms with E-state index in [0.717, 1.165) is 40.7 Å². The predicted octanol–water partition coefficient (Wildman–Crippen LogP) is 3.32. The number of para-hydroxylation sites is 1. The molecular formula is C21H21N5O2S. The maximum atomic E-state index is 12.8. The summed E-state index contributed by atoms with van der Waals surface area (Å²) in [5, 5.41) is 8.36. The van der Waals surface area contributed by atoms with E-state index in [9.17, 15) is 9.59 Å². The predicted molar refractivity (Wildman–Crippen MR) is 114 cm³/mol. The summed E-state index contributed by atoms with van der Waals surface area (Å²) in [6.45, 7) is 1.79. The molecular weight excluding hydrogens is 386 g/mol. The van der Waals surface area contributed by atoms with Crippen molar-refractivity contribution in [2.45, 2.75) is 45.6 Å². The Morgan fingerprint density at radius 1 is 1.21 bits per heavy atom. The standard InChI is InChI=1S/C21H21N5O2S/c1-13-7-5-6-9-15(13)23-17(27)11-26-21(28)25-12-22-20-18(19(25)24-26)14-8-3-2-4-10-16(14)29-20/h5-7,9,12H,2-4,8,10-11H2,1H3,(H,23,27). The number of carbonyl (C=O) groups excluding carboxylic acids is 1. The molecule has 1 amide bonds. The van der Waals surface area contributed by atoms with Crippen LogP contribution in [-0.2, 0) is 24.2 Å². The number of carbonyl (C=O) groups is 1. The van der Waals surface area contributed by atoms with Crippen molar-refractivity contribution in [3.8, 4) is 0 Å². The molecule has 5 rings (SSSR count). The fourth-order valence-electron chi connectivity index (χ4n) is 4.00. The lowest BCUT2D eigenvalue weighted by Crippen LogP contribution is -2.28. The molecule has 0 fully saturated rings. The first-order valence-corrected chi connectivity index (χ1v) is 10.7. The third-order valence-electron chi connectivity index (χ3n) is 5.50. The number of nitrogens with zero attached hydrogens (tertiary/aromatic N) is 4. The van der Waals surface area contributed by atoms with Crippen LogP contribution in [0, 0.1) is 6.92 Å². The van der Waals surface area contributed by atoms with Gasteiger partial charge in [-0.25, -0.2) is 18.9 Å². The van der Waals surface area contributed by atoms with E-state index < -0.39 is 0 Å². The van der Waals surface area contributed by atoms with Gasteiger partial charge in [0.05, 0.1) is 5.39 Å². The number of nitrogens with one attached hydrogen (secondary N) is 1. The number of anilines is 1. The Morgan fingerprint density at radius 2 is 2.03 bits per heavy atom. The molecule has 0 bridgehead atoms. The van der Waals surface area contributed by atoms with Crippen LogP contribution < -0.4 is 11.0 Å². The highest BCUT2D eigenvalue weighted by Gasteiger charge is 2.21. The van der Waals surface area contributed by atoms with Gasteiger partial charge in [0.25, 0.3) is 0 Å². The topological polar surface area (TPSA) is 81.3 Å². The molecule has 4 aromatic rings. The second kappa shape index (κ2) is 7.11. The normalized spacial score (nSPS) is 14.1. The molecule has 0 radical (unpaired) electrons. The fourth-order valence-corrected chi connectivity index (χ4v) is 5.22. The van der Waals surface area contributed by atoms with Crippen LogP contribution in [0.15, 0.2) is 35.4 Å². The summed E-state index contributed by atoms with van der Waals surface area (Å²) < 4.78 is 2.69. The lowest BCUT2D eigenvalue weighted by atomic mass is 10.1. The van der Waals surface area contributed by atoms with E-state index in [1.54, 1.807) is 11.3 Å². The van der Waals surface area contributed by atoms with Gasteiger partial charge in [0.1, 0.15) is 17.7 Å². The molecule has 0 saturated heterocycles. The van der Waals surface area contributed by atoms with Crippen molar-refractivity contribution in [2.75, 3.05) is 5.32 Å². The summed E-state index contributed by atoms with van der Waals surface area (Å²) in [5.74, 6) is -0.279. The van der Waals surface area contributed by atoms with E-state index in [0.29, 0.717) is 5.65 Å². The molecule has 3 heterocycles. The molecule has 29 heavy (non-hydrogen) atoms. The van der Waals surface area contributed by atoms with E-state index in [2.05, 4.69) is 15.4 Å². The van der Waals surface area contributed by atoms with E-state index in [4.69, 9.17) is 0 Å². The molecule has 0 spiro atoms. The third kappa shape index (κ3) is 3.13. The Balaban J connectivity index is 1.53. The SMILES string of the molecule is Cc1ccccc1NC(=O)Cn1nc2c3c4c(sc3ncn2c1=O)CCCCC4. The number of benzene rings is 1. The molecule has 148 valence electrons. The summed E-state index contributed by atoms with van der Waals surface area (Å²) in [4.78, 5) is 32.1. The Morgan fingerprint density at radius 3 is 2.90 bits per heavy atom. The fraction of sp³-hybridized carbons (Fsp3) is 0.333. The maximum absolute atomic E-state index is 12.8. The van der Waals surface area contributed by atoms with Gasteiger partial charge in [0, 0.05) is 10.6 Å². The zero-order valence-corrected chi connectivity index (χ0v) is 17.0. The average Bonchev–Trinajstić information content (AvgIpc) is 3.11. The van der Waals surface area contributed by atoms with Crippen LogP contribution in [0.5, 0.6) is 0 Å². The summed E-state index contributed by atoms with van der Waals surface area (Å²) in [7, 11) is 0. The van der Waals surface area contributed by atoms with Gasteiger partial charge in [0.15, 0.2) is 5.65 Å². The van der Waals surface area contributed by atoms with E-state index in [-0.39, 0.29) is 18.1 Å². The molecule has 8 heteroatoms. The van der Waals surface area contributed by atoms with Gasteiger partial charge in [-0.2, -0.15) is 0 Å². The summed E-state index contributed by atoms with van der Waals surface area (Å²) in [5.41, 5.74) is 3.24. The number of amides is 1. The minimum atomic E-state index is -0.345. The first kappa shape index (κ1) is 18.1. The molecule has 0 saturated carbocycles. The minimum absolute atomic E-state index is 0.136. The van der Waals surface area contributed by atoms with Crippen LogP contribution in [-0.4, -0.2) is 25.1 Å². The highest BCUT2D eigenvalue weighted by Crippen LogP contribution is 2.35. The van der Waals surface area contributed by atoms with Crippen molar-refractivity contribution >= 4 is 38.8 Å². The average molecular weight is 407 g/mol. The Labute approximate surface area is 171 Å². The van der Waals surface area contributed by atoms with Crippen molar-refractivity contribution in [1.29, 1.82) is 0 Å². The second-order valence-corrected chi connectivity index (χ2v) is 8.57. The molecule has 1 N–H and O–H groups in total. The monoisotopic (exact) mass is 407 g/mol. The van der Waals surface area contributed by atoms with Crippen molar-refractivity contribution in [2.24, 2.45) is 0 Å². The van der Waals surface area contributed by atoms with Crippen LogP contribution in [0.1, 0.15) is 35.3 Å². The highest BCUT2D eigenvalue weighted by atomic mass is 32.1. The zero-order valence-electron chi connectivity index (χ0n) is 16.1. The number of hydrogen-bond donors (Lipinski definition) is 1. The summed E-state index contributed by atoms with van der Waals surface area (Å²) in [6, 6.07) is 7.55. The Bertz CT molecular complexity index is 1300. The number of fused-ring (bicyclic) bond motifs is 5. The maximum Gasteiger partial charge on any atom is 0.352 e. The van der Waals surface area contributed by atoms with Gasteiger partial charge in [-0.3, -0.25) is 4.79 Å². The molecule has 1 aliphatic rings. The second-order valence-electron chi connectivity index (χ2n) is 7.49. The highest BCUT2D eigenvalue weighted by molar-refractivity contribution is 7.19. The Kier molecular flexibility index (Phi) is 4.43. The smallest absolute Gasteiger partial charge is 0.324 e. The molecule has 1 aromatic carbocycles. The number of rotatable bonds is 3. The van der Waals surface area contributed by atoms with Gasteiger partial charge in [-0.1, -0.05) is 24.6 Å². The van der Waals surface area contributed by atoms with E-state index >= 15 is 0 Å². The van der Waals surface area contributed by atoms with Crippen molar-refractivity contribution in [1.82, 2.24) is 19.2 Å². The molecule has 0 atom stereocenters. The summed E-state index contributed by atoms with van der Waals surface area (Å²) in [6.07, 6.45) is 7.14. The van der Waals surface area contributed by atoms with E-state index in [1.807, 2.05) is 31.2 Å². The quantitative estimate of drug-likeness (QED) is 0.528. The Hall–Kier alpha value is -3.00. The molecule has 1 aliphatic carbocycles. The molecule has 0 aliphatic heterocycles. The van der Waals surface area contributed by atoms with Gasteiger partial charge in [-0.05, 0) is 49.8 Å². The number of aryl methyl sites for hydroxylation is 3. The third-order valence-corrected chi connectivity index (χ3v) is 6.70. The van der Waals surface area contributed by atoms with Crippen LogP contribution >= 0.6 is 11.3 Å². The van der Waals surface area contributed by atoms with Crippen LogP contribution in [0.4, 0.5) is 5.69 Å². The van der Waals surface area contributed by atoms with Crippen LogP contribution in [0.3, 0.4) is 0 Å². The van der Waals surface area contributed by atoms with Crippen molar-refractivity contribution < 1.29 is 4.79 Å². The lowest BCUT2D eigenvalue weighted by Gasteiger charge is -2.07. The van der Waals surface area contributed by atoms with Crippen molar-refractivity contribution in [3.63, 3.8) is 0 Å². The minimum Gasteiger partial charge on any atom is -0.324 e. The van der Waals surface area contributed by atoms with Crippen LogP contribution in [0.25, 0.3) is 15.9 Å². The number of hydrogen-bond acceptors (Lipinski definition) is 5. The van der Waals surface area contributed by atoms with Gasteiger partial charge in [-0.15, -0.1) is 16.4 Å². The first-order chi connectivity index (χ1) is 14.1. The number of thiophene rings is 1. The van der Waals surface area contributed by atoms with Gasteiger partial charge in [0.2, 0.25) is 5.91 Å². The van der Waals surface area contributed by atoms with Crippen LogP contribution in [0.2, 0.25) is 0 Å².